The van der Waals surface area contributed by atoms with Gasteiger partial charge < -0.3 is 4.52 Å². The van der Waals surface area contributed by atoms with Gasteiger partial charge in [-0.3, -0.25) is 5.10 Å². The molecule has 0 aromatic carbocycles. The van der Waals surface area contributed by atoms with Crippen molar-refractivity contribution in [3.05, 3.63) is 17.7 Å². The predicted molar refractivity (Wildman–Crippen MR) is 36.9 cm³/mol. The molecule has 0 bridgehead atoms. The van der Waals surface area contributed by atoms with Gasteiger partial charge in [0.1, 0.15) is 0 Å². The molecule has 0 aliphatic rings. The SMILES string of the molecule is Clc1noc(-c2cn[nH]c2)n1. The molecule has 2 aromatic heterocycles. The molecule has 5 nitrogen and oxygen atoms in total. The van der Waals surface area contributed by atoms with E-state index in [0.717, 1.165) is 5.56 Å². The summed E-state index contributed by atoms with van der Waals surface area (Å²) in [7, 11) is 0. The van der Waals surface area contributed by atoms with Gasteiger partial charge in [0.15, 0.2) is 0 Å². The Morgan fingerprint density at radius 3 is 3.00 bits per heavy atom. The van der Waals surface area contributed by atoms with Crippen molar-refractivity contribution in [1.82, 2.24) is 20.3 Å². The molecule has 0 saturated heterocycles. The van der Waals surface area contributed by atoms with Crippen LogP contribution in [-0.2, 0) is 0 Å². The van der Waals surface area contributed by atoms with E-state index in [1.54, 1.807) is 12.4 Å². The lowest BCUT2D eigenvalue weighted by Crippen LogP contribution is -1.70. The average molecular weight is 171 g/mol. The standard InChI is InChI=1S/C5H3ClN4O/c6-5-9-4(11-10-5)3-1-7-8-2-3/h1-2H,(H,7,8). The fourth-order valence-corrected chi connectivity index (χ4v) is 0.802. The number of hydrogen-bond acceptors (Lipinski definition) is 4. The van der Waals surface area contributed by atoms with E-state index in [-0.39, 0.29) is 5.28 Å². The third kappa shape index (κ3) is 1.10. The summed E-state index contributed by atoms with van der Waals surface area (Å²) >= 11 is 5.43. The van der Waals surface area contributed by atoms with Gasteiger partial charge in [0.05, 0.1) is 11.8 Å². The molecule has 0 aliphatic carbocycles. The Morgan fingerprint density at radius 2 is 2.45 bits per heavy atom. The van der Waals surface area contributed by atoms with Crippen LogP contribution < -0.4 is 0 Å². The monoisotopic (exact) mass is 170 g/mol. The van der Waals surface area contributed by atoms with Gasteiger partial charge >= 0.3 is 0 Å². The quantitative estimate of drug-likeness (QED) is 0.696. The fourth-order valence-electron chi connectivity index (χ4n) is 0.691. The van der Waals surface area contributed by atoms with Crippen molar-refractivity contribution in [2.75, 3.05) is 0 Å². The van der Waals surface area contributed by atoms with Gasteiger partial charge in [0.25, 0.3) is 11.2 Å². The zero-order valence-electron chi connectivity index (χ0n) is 5.28. The summed E-state index contributed by atoms with van der Waals surface area (Å²) in [6.45, 7) is 0. The van der Waals surface area contributed by atoms with Crippen LogP contribution in [0.4, 0.5) is 0 Å². The Balaban J connectivity index is 2.45. The lowest BCUT2D eigenvalue weighted by molar-refractivity contribution is 0.430. The van der Waals surface area contributed by atoms with E-state index < -0.39 is 0 Å². The number of hydrogen-bond donors (Lipinski definition) is 1. The van der Waals surface area contributed by atoms with Crippen molar-refractivity contribution in [2.24, 2.45) is 0 Å². The van der Waals surface area contributed by atoms with Crippen molar-refractivity contribution in [2.45, 2.75) is 0 Å². The molecule has 6 heteroatoms. The van der Waals surface area contributed by atoms with Gasteiger partial charge in [-0.2, -0.15) is 10.1 Å². The lowest BCUT2D eigenvalue weighted by Gasteiger charge is -1.79. The predicted octanol–water partition coefficient (Wildman–Crippen LogP) is 1.11. The van der Waals surface area contributed by atoms with Gasteiger partial charge in [-0.05, 0) is 16.8 Å². The second kappa shape index (κ2) is 2.35. The van der Waals surface area contributed by atoms with Gasteiger partial charge in [0, 0.05) is 6.20 Å². The zero-order chi connectivity index (χ0) is 7.68. The van der Waals surface area contributed by atoms with Gasteiger partial charge in [-0.15, -0.1) is 0 Å². The van der Waals surface area contributed by atoms with Crippen LogP contribution in [0, 0.1) is 0 Å². The minimum Gasteiger partial charge on any atom is -0.333 e. The highest BCUT2D eigenvalue weighted by molar-refractivity contribution is 6.28. The summed E-state index contributed by atoms with van der Waals surface area (Å²) in [5.74, 6) is 0.365. The van der Waals surface area contributed by atoms with Crippen molar-refractivity contribution in [3.8, 4) is 11.5 Å². The number of halogens is 1. The summed E-state index contributed by atoms with van der Waals surface area (Å²) in [5, 5.41) is 9.84. The Bertz CT molecular complexity index is 341. The molecule has 0 amide bonds. The number of aromatic amines is 1. The summed E-state index contributed by atoms with van der Waals surface area (Å²) in [4.78, 5) is 3.78. The first-order chi connectivity index (χ1) is 5.36. The molecule has 11 heavy (non-hydrogen) atoms. The number of aromatic nitrogens is 4. The molecule has 2 rings (SSSR count). The van der Waals surface area contributed by atoms with Crippen LogP contribution in [0.3, 0.4) is 0 Å². The van der Waals surface area contributed by atoms with Gasteiger partial charge in [-0.1, -0.05) is 0 Å². The van der Waals surface area contributed by atoms with E-state index in [1.165, 1.54) is 0 Å². The van der Waals surface area contributed by atoms with Crippen LogP contribution in [0.1, 0.15) is 0 Å². The van der Waals surface area contributed by atoms with Crippen molar-refractivity contribution in [3.63, 3.8) is 0 Å². The second-order valence-electron chi connectivity index (χ2n) is 1.86. The van der Waals surface area contributed by atoms with Gasteiger partial charge in [0.2, 0.25) is 0 Å². The molecule has 2 heterocycles. The molecule has 1 N–H and O–H groups in total. The van der Waals surface area contributed by atoms with Gasteiger partial charge in [-0.25, -0.2) is 0 Å². The highest BCUT2D eigenvalue weighted by Gasteiger charge is 2.06. The van der Waals surface area contributed by atoms with Crippen LogP contribution in [0.25, 0.3) is 11.5 Å². The fraction of sp³-hybridized carbons (Fsp3) is 0. The van der Waals surface area contributed by atoms with Crippen molar-refractivity contribution < 1.29 is 4.52 Å². The minimum atomic E-state index is 0.0983. The molecule has 2 aromatic rings. The summed E-state index contributed by atoms with van der Waals surface area (Å²) in [5.41, 5.74) is 0.726. The van der Waals surface area contributed by atoms with Crippen molar-refractivity contribution in [1.29, 1.82) is 0 Å². The van der Waals surface area contributed by atoms with E-state index in [9.17, 15) is 0 Å². The molecule has 0 atom stereocenters. The molecule has 0 saturated carbocycles. The summed E-state index contributed by atoms with van der Waals surface area (Å²) in [6, 6.07) is 0. The van der Waals surface area contributed by atoms with E-state index >= 15 is 0 Å². The summed E-state index contributed by atoms with van der Waals surface area (Å²) < 4.78 is 4.76. The molecular formula is C5H3ClN4O. The molecule has 0 fully saturated rings. The van der Waals surface area contributed by atoms with Crippen molar-refractivity contribution >= 4 is 11.6 Å². The Hall–Kier alpha value is -1.36. The minimum absolute atomic E-state index is 0.0983. The second-order valence-corrected chi connectivity index (χ2v) is 2.19. The molecule has 56 valence electrons. The maximum atomic E-state index is 5.43. The first-order valence-corrected chi connectivity index (χ1v) is 3.22. The number of nitrogens with one attached hydrogen (secondary N) is 1. The lowest BCUT2D eigenvalue weighted by atomic mass is 10.4. The zero-order valence-corrected chi connectivity index (χ0v) is 6.04. The molecule has 0 unspecified atom stereocenters. The third-order valence-electron chi connectivity index (χ3n) is 1.15. The van der Waals surface area contributed by atoms with Crippen LogP contribution >= 0.6 is 11.6 Å². The molecule has 0 radical (unpaired) electrons. The topological polar surface area (TPSA) is 67.6 Å². The summed E-state index contributed by atoms with van der Waals surface area (Å²) in [6.07, 6.45) is 3.22. The Kier molecular flexibility index (Phi) is 1.36. The maximum absolute atomic E-state index is 5.43. The maximum Gasteiger partial charge on any atom is 0.264 e. The third-order valence-corrected chi connectivity index (χ3v) is 1.30. The van der Waals surface area contributed by atoms with E-state index in [1.807, 2.05) is 0 Å². The molecular weight excluding hydrogens is 168 g/mol. The van der Waals surface area contributed by atoms with Crippen LogP contribution in [0.5, 0.6) is 0 Å². The highest BCUT2D eigenvalue weighted by Crippen LogP contribution is 2.15. The number of nitrogens with zero attached hydrogens (tertiary/aromatic N) is 3. The smallest absolute Gasteiger partial charge is 0.264 e. The largest absolute Gasteiger partial charge is 0.333 e. The Labute approximate surface area is 66.4 Å². The normalized spacial score (nSPS) is 10.3. The van der Waals surface area contributed by atoms with E-state index in [0.29, 0.717) is 5.89 Å². The first kappa shape index (κ1) is 6.36. The van der Waals surface area contributed by atoms with Crippen LogP contribution in [0.15, 0.2) is 16.9 Å². The van der Waals surface area contributed by atoms with Crippen LogP contribution in [-0.4, -0.2) is 20.3 Å². The van der Waals surface area contributed by atoms with E-state index in [4.69, 9.17) is 16.1 Å². The first-order valence-electron chi connectivity index (χ1n) is 2.84. The van der Waals surface area contributed by atoms with Crippen LogP contribution in [0.2, 0.25) is 5.28 Å². The molecule has 0 spiro atoms. The Morgan fingerprint density at radius 1 is 1.55 bits per heavy atom. The highest BCUT2D eigenvalue weighted by atomic mass is 35.5. The number of rotatable bonds is 1. The number of H-pyrrole nitrogens is 1. The average Bonchev–Trinajstić information content (AvgIpc) is 2.55. The molecule has 0 aliphatic heterocycles. The van der Waals surface area contributed by atoms with E-state index in [2.05, 4.69) is 20.3 Å².